The Morgan fingerprint density at radius 3 is 2.94 bits per heavy atom. The number of hydrogen-bond donors (Lipinski definition) is 2. The van der Waals surface area contributed by atoms with Crippen LogP contribution in [0.15, 0.2) is 10.7 Å². The van der Waals surface area contributed by atoms with Crippen molar-refractivity contribution in [1.82, 2.24) is 9.97 Å². The molecule has 6 nitrogen and oxygen atoms in total. The van der Waals surface area contributed by atoms with Crippen molar-refractivity contribution in [2.45, 2.75) is 6.10 Å². The Balaban J connectivity index is 2.76. The molecule has 1 heterocycles. The third-order valence-corrected chi connectivity index (χ3v) is 2.71. The van der Waals surface area contributed by atoms with E-state index in [1.165, 1.54) is 0 Å². The van der Waals surface area contributed by atoms with Gasteiger partial charge in [-0.15, -0.1) is 0 Å². The number of halogens is 1. The van der Waals surface area contributed by atoms with Crippen molar-refractivity contribution < 1.29 is 9.84 Å². The van der Waals surface area contributed by atoms with E-state index < -0.39 is 6.10 Å². The Hall–Kier alpha value is -0.920. The maximum absolute atomic E-state index is 9.66. The summed E-state index contributed by atoms with van der Waals surface area (Å²) in [5, 5.41) is 12.5. The molecule has 0 aliphatic carbocycles. The van der Waals surface area contributed by atoms with Crippen LogP contribution in [-0.4, -0.2) is 55.5 Å². The van der Waals surface area contributed by atoms with Gasteiger partial charge in [0.2, 0.25) is 5.95 Å². The summed E-state index contributed by atoms with van der Waals surface area (Å²) in [6.07, 6.45) is 1.12. The number of nitrogens with one attached hydrogen (secondary N) is 1. The molecule has 0 aromatic carbocycles. The summed E-state index contributed by atoms with van der Waals surface area (Å²) in [7, 11) is 5.17. The van der Waals surface area contributed by atoms with Crippen LogP contribution < -0.4 is 10.2 Å². The number of aliphatic hydroxyl groups excluding tert-OH is 1. The number of hydrogen-bond acceptors (Lipinski definition) is 6. The van der Waals surface area contributed by atoms with Gasteiger partial charge < -0.3 is 20.1 Å². The predicted octanol–water partition coefficient (Wildman–Crippen LogP) is 0.724. The van der Waals surface area contributed by atoms with Crippen molar-refractivity contribution in [3.63, 3.8) is 0 Å². The standard InChI is InChI=1S/C10H17BrN4O2/c1-12-10-13-4-8(11)9(14-10)15(2)5-7(16)6-17-3/h4,7,16H,5-6H2,1-3H3,(H,12,13,14). The summed E-state index contributed by atoms with van der Waals surface area (Å²) in [6.45, 7) is 0.735. The molecule has 0 aliphatic rings. The highest BCUT2D eigenvalue weighted by Gasteiger charge is 2.13. The van der Waals surface area contributed by atoms with E-state index in [0.717, 1.165) is 10.3 Å². The number of aliphatic hydroxyl groups is 1. The molecule has 0 radical (unpaired) electrons. The number of rotatable bonds is 6. The van der Waals surface area contributed by atoms with Crippen molar-refractivity contribution >= 4 is 27.7 Å². The van der Waals surface area contributed by atoms with Gasteiger partial charge in [0.05, 0.1) is 17.2 Å². The van der Waals surface area contributed by atoms with E-state index in [0.29, 0.717) is 19.1 Å². The second-order valence-corrected chi connectivity index (χ2v) is 4.46. The fourth-order valence-electron chi connectivity index (χ4n) is 1.39. The molecular weight excluding hydrogens is 288 g/mol. The van der Waals surface area contributed by atoms with Gasteiger partial charge in [0, 0.05) is 33.9 Å². The highest BCUT2D eigenvalue weighted by molar-refractivity contribution is 9.10. The summed E-state index contributed by atoms with van der Waals surface area (Å²) in [5.74, 6) is 1.26. The molecule has 0 saturated heterocycles. The normalized spacial score (nSPS) is 12.3. The fraction of sp³-hybridized carbons (Fsp3) is 0.600. The molecule has 7 heteroatoms. The molecule has 96 valence electrons. The van der Waals surface area contributed by atoms with Gasteiger partial charge >= 0.3 is 0 Å². The van der Waals surface area contributed by atoms with Crippen LogP contribution >= 0.6 is 15.9 Å². The molecule has 0 bridgehead atoms. The molecule has 2 N–H and O–H groups in total. The lowest BCUT2D eigenvalue weighted by atomic mass is 10.3. The third kappa shape index (κ3) is 4.10. The quantitative estimate of drug-likeness (QED) is 0.807. The van der Waals surface area contributed by atoms with E-state index in [1.807, 2.05) is 11.9 Å². The van der Waals surface area contributed by atoms with E-state index in [1.54, 1.807) is 20.4 Å². The molecule has 0 fully saturated rings. The topological polar surface area (TPSA) is 70.5 Å². The van der Waals surface area contributed by atoms with Gasteiger partial charge in [-0.3, -0.25) is 0 Å². The average Bonchev–Trinajstić information content (AvgIpc) is 2.29. The number of likely N-dealkylation sites (N-methyl/N-ethyl adjacent to an activating group) is 1. The molecule has 1 aromatic rings. The van der Waals surface area contributed by atoms with E-state index in [4.69, 9.17) is 4.74 Å². The lowest BCUT2D eigenvalue weighted by Crippen LogP contribution is -2.32. The largest absolute Gasteiger partial charge is 0.389 e. The molecule has 1 atom stereocenters. The molecule has 1 rings (SSSR count). The Kier molecular flexibility index (Phi) is 5.60. The number of aromatic nitrogens is 2. The number of methoxy groups -OCH3 is 1. The molecule has 0 amide bonds. The highest BCUT2D eigenvalue weighted by atomic mass is 79.9. The molecule has 1 aromatic heterocycles. The van der Waals surface area contributed by atoms with Gasteiger partial charge in [0.25, 0.3) is 0 Å². The van der Waals surface area contributed by atoms with Gasteiger partial charge in [-0.1, -0.05) is 0 Å². The fourth-order valence-corrected chi connectivity index (χ4v) is 1.89. The Labute approximate surface area is 109 Å². The van der Waals surface area contributed by atoms with Crippen LogP contribution in [0.3, 0.4) is 0 Å². The molecule has 0 spiro atoms. The minimum Gasteiger partial charge on any atom is -0.389 e. The van der Waals surface area contributed by atoms with Crippen LogP contribution in [0.4, 0.5) is 11.8 Å². The molecule has 1 unspecified atom stereocenters. The molecule has 17 heavy (non-hydrogen) atoms. The van der Waals surface area contributed by atoms with E-state index in [9.17, 15) is 5.11 Å². The van der Waals surface area contributed by atoms with Crippen molar-refractivity contribution in [3.05, 3.63) is 10.7 Å². The number of nitrogens with zero attached hydrogens (tertiary/aromatic N) is 3. The summed E-state index contributed by atoms with van der Waals surface area (Å²) >= 11 is 3.38. The summed E-state index contributed by atoms with van der Waals surface area (Å²) < 4.78 is 5.66. The van der Waals surface area contributed by atoms with Crippen LogP contribution in [0, 0.1) is 0 Å². The van der Waals surface area contributed by atoms with Gasteiger partial charge in [0.1, 0.15) is 5.82 Å². The van der Waals surface area contributed by atoms with Gasteiger partial charge in [-0.25, -0.2) is 4.98 Å². The molecular formula is C10H17BrN4O2. The van der Waals surface area contributed by atoms with Crippen molar-refractivity contribution in [3.8, 4) is 0 Å². The first-order valence-electron chi connectivity index (χ1n) is 5.17. The number of anilines is 2. The Morgan fingerprint density at radius 2 is 2.35 bits per heavy atom. The maximum atomic E-state index is 9.66. The monoisotopic (exact) mass is 304 g/mol. The zero-order valence-corrected chi connectivity index (χ0v) is 11.7. The summed E-state index contributed by atoms with van der Waals surface area (Å²) in [5.41, 5.74) is 0. The predicted molar refractivity (Wildman–Crippen MR) is 70.4 cm³/mol. The zero-order valence-electron chi connectivity index (χ0n) is 10.1. The Bertz CT molecular complexity index is 364. The first-order chi connectivity index (χ1) is 8.08. The van der Waals surface area contributed by atoms with Crippen LogP contribution in [0.2, 0.25) is 0 Å². The van der Waals surface area contributed by atoms with Gasteiger partial charge in [-0.2, -0.15) is 4.98 Å². The number of ether oxygens (including phenoxy) is 1. The van der Waals surface area contributed by atoms with E-state index in [2.05, 4.69) is 31.2 Å². The van der Waals surface area contributed by atoms with Gasteiger partial charge in [0.15, 0.2) is 0 Å². The van der Waals surface area contributed by atoms with Gasteiger partial charge in [-0.05, 0) is 15.9 Å². The summed E-state index contributed by atoms with van der Waals surface area (Å²) in [4.78, 5) is 10.2. The van der Waals surface area contributed by atoms with Crippen LogP contribution in [0.1, 0.15) is 0 Å². The van der Waals surface area contributed by atoms with E-state index >= 15 is 0 Å². The van der Waals surface area contributed by atoms with Crippen LogP contribution in [0.5, 0.6) is 0 Å². The van der Waals surface area contributed by atoms with Crippen molar-refractivity contribution in [1.29, 1.82) is 0 Å². The van der Waals surface area contributed by atoms with Crippen LogP contribution in [0.25, 0.3) is 0 Å². The smallest absolute Gasteiger partial charge is 0.224 e. The highest BCUT2D eigenvalue weighted by Crippen LogP contribution is 2.23. The van der Waals surface area contributed by atoms with E-state index in [-0.39, 0.29) is 0 Å². The first kappa shape index (κ1) is 14.1. The minimum absolute atomic E-state index is 0.298. The third-order valence-electron chi connectivity index (χ3n) is 2.15. The van der Waals surface area contributed by atoms with Crippen molar-refractivity contribution in [2.24, 2.45) is 0 Å². The SMILES string of the molecule is CNc1ncc(Br)c(N(C)CC(O)COC)n1. The second-order valence-electron chi connectivity index (χ2n) is 3.60. The average molecular weight is 305 g/mol. The lowest BCUT2D eigenvalue weighted by molar-refractivity contribution is 0.0694. The second kappa shape index (κ2) is 6.73. The maximum Gasteiger partial charge on any atom is 0.224 e. The summed E-state index contributed by atoms with van der Waals surface area (Å²) in [6, 6.07) is 0. The first-order valence-corrected chi connectivity index (χ1v) is 5.96. The Morgan fingerprint density at radius 1 is 1.65 bits per heavy atom. The van der Waals surface area contributed by atoms with Crippen molar-refractivity contribution in [2.75, 3.05) is 44.6 Å². The molecule has 0 aliphatic heterocycles. The zero-order chi connectivity index (χ0) is 12.8. The van der Waals surface area contributed by atoms with Crippen LogP contribution in [-0.2, 0) is 4.74 Å². The molecule has 0 saturated carbocycles. The minimum atomic E-state index is -0.551. The lowest BCUT2D eigenvalue weighted by Gasteiger charge is -2.22.